The highest BCUT2D eigenvalue weighted by Crippen LogP contribution is 2.37. The smallest absolute Gasteiger partial charge is 0.208 e. The number of benzene rings is 2. The lowest BCUT2D eigenvalue weighted by atomic mass is 10.1. The first-order valence-corrected chi connectivity index (χ1v) is 10.4. The zero-order chi connectivity index (χ0) is 19.1. The van der Waals surface area contributed by atoms with Gasteiger partial charge < -0.3 is 9.72 Å². The molecule has 0 aliphatic heterocycles. The molecule has 0 aliphatic carbocycles. The van der Waals surface area contributed by atoms with Crippen molar-refractivity contribution in [1.29, 1.82) is 0 Å². The van der Waals surface area contributed by atoms with E-state index in [0.717, 1.165) is 0 Å². The van der Waals surface area contributed by atoms with Gasteiger partial charge in [-0.25, -0.2) is 8.42 Å². The van der Waals surface area contributed by atoms with Gasteiger partial charge in [-0.05, 0) is 42.0 Å². The first kappa shape index (κ1) is 19.6. The topological polar surface area (TPSA) is 59.2 Å². The minimum atomic E-state index is -3.89. The third-order valence-electron chi connectivity index (χ3n) is 3.84. The molecule has 3 rings (SSSR count). The fraction of sp³-hybridized carbons (Fsp3) is 0.176. The second-order valence-electron chi connectivity index (χ2n) is 5.61. The van der Waals surface area contributed by atoms with Crippen LogP contribution in [0.5, 0.6) is 5.75 Å². The van der Waals surface area contributed by atoms with Crippen LogP contribution in [0.2, 0.25) is 5.02 Å². The van der Waals surface area contributed by atoms with Crippen molar-refractivity contribution in [2.24, 2.45) is 0 Å². The van der Waals surface area contributed by atoms with Crippen molar-refractivity contribution in [3.8, 4) is 5.75 Å². The van der Waals surface area contributed by atoms with Crippen LogP contribution in [0.15, 0.2) is 52.4 Å². The van der Waals surface area contributed by atoms with Crippen LogP contribution in [-0.2, 0) is 16.3 Å². The second-order valence-corrected chi connectivity index (χ2v) is 10.5. The summed E-state index contributed by atoms with van der Waals surface area (Å²) in [6, 6.07) is 9.54. The van der Waals surface area contributed by atoms with Gasteiger partial charge in [-0.3, -0.25) is 0 Å². The molecule has 0 unspecified atom stereocenters. The van der Waals surface area contributed by atoms with Crippen molar-refractivity contribution in [2.75, 3.05) is 7.11 Å². The second kappa shape index (κ2) is 7.13. The van der Waals surface area contributed by atoms with Crippen LogP contribution in [0, 0.1) is 0 Å². The summed E-state index contributed by atoms with van der Waals surface area (Å²) in [7, 11) is -2.41. The van der Waals surface area contributed by atoms with Crippen molar-refractivity contribution in [1.82, 2.24) is 4.98 Å². The molecule has 26 heavy (non-hydrogen) atoms. The predicted molar refractivity (Wildman–Crippen MR) is 106 cm³/mol. The fourth-order valence-corrected chi connectivity index (χ4v) is 4.94. The number of sulfone groups is 1. The van der Waals surface area contributed by atoms with Crippen LogP contribution in [0.1, 0.15) is 5.56 Å². The van der Waals surface area contributed by atoms with E-state index in [1.165, 1.54) is 19.4 Å². The van der Waals surface area contributed by atoms with Crippen LogP contribution in [0.3, 0.4) is 0 Å². The molecule has 0 bridgehead atoms. The van der Waals surface area contributed by atoms with Crippen LogP contribution in [0.25, 0.3) is 10.9 Å². The molecule has 0 aliphatic rings. The third-order valence-corrected chi connectivity index (χ3v) is 6.37. The number of rotatable bonds is 4. The summed E-state index contributed by atoms with van der Waals surface area (Å²) >= 11 is 23.7. The maximum absolute atomic E-state index is 13.3. The molecule has 0 saturated carbocycles. The molecule has 0 atom stereocenters. The van der Waals surface area contributed by atoms with Crippen molar-refractivity contribution in [2.45, 2.75) is 20.0 Å². The summed E-state index contributed by atoms with van der Waals surface area (Å²) in [6.07, 6.45) is 1.34. The summed E-state index contributed by atoms with van der Waals surface area (Å²) < 4.78 is 30.1. The Labute approximate surface area is 170 Å². The van der Waals surface area contributed by atoms with E-state index in [0.29, 0.717) is 27.2 Å². The van der Waals surface area contributed by atoms with Crippen LogP contribution < -0.4 is 4.74 Å². The van der Waals surface area contributed by atoms with Gasteiger partial charge in [0.05, 0.1) is 16.9 Å². The number of ether oxygens (including phenoxy) is 1. The van der Waals surface area contributed by atoms with Crippen molar-refractivity contribution < 1.29 is 13.2 Å². The number of halogens is 4. The van der Waals surface area contributed by atoms with Crippen LogP contribution in [0.4, 0.5) is 0 Å². The summed E-state index contributed by atoms with van der Waals surface area (Å²) in [4.78, 5) is 3.09. The van der Waals surface area contributed by atoms with E-state index in [2.05, 4.69) is 4.98 Å². The molecule has 4 nitrogen and oxygen atoms in total. The number of aromatic amines is 1. The Morgan fingerprint density at radius 1 is 1.08 bits per heavy atom. The molecular formula is C17H13Cl4NO3S. The molecule has 0 saturated heterocycles. The van der Waals surface area contributed by atoms with Crippen molar-refractivity contribution >= 4 is 67.1 Å². The van der Waals surface area contributed by atoms with Gasteiger partial charge in [-0.15, -0.1) is 0 Å². The number of H-pyrrole nitrogens is 1. The Morgan fingerprint density at radius 3 is 2.46 bits per heavy atom. The monoisotopic (exact) mass is 451 g/mol. The molecule has 138 valence electrons. The minimum Gasteiger partial charge on any atom is -0.497 e. The number of alkyl halides is 3. The Kier molecular flexibility index (Phi) is 5.39. The molecule has 1 N–H and O–H groups in total. The molecule has 2 aromatic carbocycles. The summed E-state index contributed by atoms with van der Waals surface area (Å²) in [5.74, 6) is 0.468. The van der Waals surface area contributed by atoms with Gasteiger partial charge in [0, 0.05) is 28.5 Å². The first-order valence-electron chi connectivity index (χ1n) is 7.37. The predicted octanol–water partition coefficient (Wildman–Crippen LogP) is 5.58. The molecular weight excluding hydrogens is 440 g/mol. The maximum atomic E-state index is 13.3. The van der Waals surface area contributed by atoms with Gasteiger partial charge in [0.15, 0.2) is 3.79 Å². The van der Waals surface area contributed by atoms with Gasteiger partial charge in [0.1, 0.15) is 5.75 Å². The first-order chi connectivity index (χ1) is 12.1. The van der Waals surface area contributed by atoms with E-state index >= 15 is 0 Å². The lowest BCUT2D eigenvalue weighted by molar-refractivity contribution is 0.413. The molecule has 1 aromatic heterocycles. The minimum absolute atomic E-state index is 0.0468. The highest BCUT2D eigenvalue weighted by molar-refractivity contribution is 7.91. The van der Waals surface area contributed by atoms with Gasteiger partial charge >= 0.3 is 0 Å². The normalized spacial score (nSPS) is 12.5. The van der Waals surface area contributed by atoms with Gasteiger partial charge in [-0.1, -0.05) is 46.4 Å². The number of hydrogen-bond acceptors (Lipinski definition) is 3. The lowest BCUT2D eigenvalue weighted by Crippen LogP contribution is -2.12. The Morgan fingerprint density at radius 2 is 1.81 bits per heavy atom. The van der Waals surface area contributed by atoms with Crippen molar-refractivity contribution in [3.63, 3.8) is 0 Å². The largest absolute Gasteiger partial charge is 0.497 e. The summed E-state index contributed by atoms with van der Waals surface area (Å²) in [5.41, 5.74) is 1.00. The van der Waals surface area contributed by atoms with Gasteiger partial charge in [0.25, 0.3) is 0 Å². The molecule has 3 aromatic rings. The van der Waals surface area contributed by atoms with Crippen LogP contribution in [-0.4, -0.2) is 24.3 Å². The Bertz CT molecular complexity index is 1070. The summed E-state index contributed by atoms with van der Waals surface area (Å²) in [6.45, 7) is 0. The standard InChI is InChI=1S/C17H13Cl4NO3S/c1-25-12-3-5-15(10(6-12)8-17(19,20)21)26(23,24)16-9-22-14-4-2-11(18)7-13(14)16/h2-7,9,22H,8H2,1H3. The molecule has 0 spiro atoms. The van der Waals surface area contributed by atoms with Crippen LogP contribution >= 0.6 is 46.4 Å². The summed E-state index contributed by atoms with van der Waals surface area (Å²) in [5, 5.41) is 0.929. The zero-order valence-corrected chi connectivity index (χ0v) is 17.2. The average Bonchev–Trinajstić information content (AvgIpc) is 2.96. The number of fused-ring (bicyclic) bond motifs is 1. The highest BCUT2D eigenvalue weighted by Gasteiger charge is 2.29. The SMILES string of the molecule is COc1ccc(S(=O)(=O)c2c[nH]c3ccc(Cl)cc23)c(CC(Cl)(Cl)Cl)c1. The lowest BCUT2D eigenvalue weighted by Gasteiger charge is -2.16. The zero-order valence-electron chi connectivity index (χ0n) is 13.4. The number of nitrogens with one attached hydrogen (secondary N) is 1. The number of aromatic nitrogens is 1. The molecule has 0 radical (unpaired) electrons. The Balaban J connectivity index is 2.21. The molecule has 0 amide bonds. The van der Waals surface area contributed by atoms with E-state index in [1.807, 2.05) is 0 Å². The quantitative estimate of drug-likeness (QED) is 0.526. The molecule has 1 heterocycles. The third kappa shape index (κ3) is 3.92. The van der Waals surface area contributed by atoms with E-state index < -0.39 is 13.6 Å². The average molecular weight is 453 g/mol. The van der Waals surface area contributed by atoms with E-state index in [9.17, 15) is 8.42 Å². The number of hydrogen-bond donors (Lipinski definition) is 1. The Hall–Kier alpha value is -1.11. The number of methoxy groups -OCH3 is 1. The molecule has 9 heteroatoms. The van der Waals surface area contributed by atoms with Gasteiger partial charge in [0.2, 0.25) is 9.84 Å². The van der Waals surface area contributed by atoms with Crippen molar-refractivity contribution in [3.05, 3.63) is 53.2 Å². The highest BCUT2D eigenvalue weighted by atomic mass is 35.6. The van der Waals surface area contributed by atoms with E-state index in [-0.39, 0.29) is 16.2 Å². The molecule has 0 fully saturated rings. The maximum Gasteiger partial charge on any atom is 0.208 e. The van der Waals surface area contributed by atoms with E-state index in [1.54, 1.807) is 30.3 Å². The fourth-order valence-electron chi connectivity index (χ4n) is 2.71. The van der Waals surface area contributed by atoms with E-state index in [4.69, 9.17) is 51.1 Å². The van der Waals surface area contributed by atoms with Gasteiger partial charge in [-0.2, -0.15) is 0 Å².